The molecule has 0 aliphatic heterocycles. The standard InChI is InChI=1S/C52H30N4O/c1-2-13-33-28-46-42(27-32(33)12-1)37-15-6-9-19-44(37)55(46)35-23-25-41-47(30-35)56(45-26-22-31-11-3-4-14-36(31)50(41)45)52-53-43-18-8-5-17-40(43)51(54-52)34-21-24-39-38-16-7-10-20-48(38)57-49(39)29-34/h1-30H. The van der Waals surface area contributed by atoms with Crippen LogP contribution in [0.2, 0.25) is 0 Å². The number of furan rings is 1. The summed E-state index contributed by atoms with van der Waals surface area (Å²) in [5.41, 5.74) is 9.95. The summed E-state index contributed by atoms with van der Waals surface area (Å²) in [5, 5.41) is 12.8. The van der Waals surface area contributed by atoms with E-state index in [-0.39, 0.29) is 0 Å². The number of hydrogen-bond acceptors (Lipinski definition) is 3. The molecule has 0 amide bonds. The van der Waals surface area contributed by atoms with Gasteiger partial charge in [0.15, 0.2) is 0 Å². The third kappa shape index (κ3) is 4.34. The first-order valence-electron chi connectivity index (χ1n) is 19.3. The number of fused-ring (bicyclic) bond motifs is 13. The van der Waals surface area contributed by atoms with Crippen molar-refractivity contribution in [3.8, 4) is 22.9 Å². The maximum atomic E-state index is 6.37. The van der Waals surface area contributed by atoms with E-state index in [4.69, 9.17) is 14.4 Å². The van der Waals surface area contributed by atoms with E-state index in [0.717, 1.165) is 66.2 Å². The van der Waals surface area contributed by atoms with E-state index in [1.54, 1.807) is 0 Å². The Balaban J connectivity index is 1.12. The van der Waals surface area contributed by atoms with Crippen molar-refractivity contribution >= 4 is 98.0 Å². The van der Waals surface area contributed by atoms with E-state index in [1.807, 2.05) is 12.1 Å². The molecule has 13 rings (SSSR count). The van der Waals surface area contributed by atoms with Gasteiger partial charge in [-0.3, -0.25) is 4.57 Å². The first kappa shape index (κ1) is 30.6. The van der Waals surface area contributed by atoms with Gasteiger partial charge >= 0.3 is 0 Å². The third-order valence-electron chi connectivity index (χ3n) is 11.9. The zero-order valence-corrected chi connectivity index (χ0v) is 30.5. The lowest BCUT2D eigenvalue weighted by atomic mass is 10.0. The Morgan fingerprint density at radius 1 is 0.368 bits per heavy atom. The molecule has 0 saturated heterocycles. The second kappa shape index (κ2) is 11.4. The van der Waals surface area contributed by atoms with Crippen LogP contribution in [0.1, 0.15) is 0 Å². The first-order chi connectivity index (χ1) is 28.2. The fourth-order valence-corrected chi connectivity index (χ4v) is 9.32. The van der Waals surface area contributed by atoms with Gasteiger partial charge in [-0.1, -0.05) is 121 Å². The van der Waals surface area contributed by atoms with E-state index in [2.05, 4.69) is 179 Å². The van der Waals surface area contributed by atoms with Crippen molar-refractivity contribution in [2.24, 2.45) is 0 Å². The lowest BCUT2D eigenvalue weighted by Crippen LogP contribution is -2.04. The number of benzene rings is 9. The average Bonchev–Trinajstić information content (AvgIpc) is 3.92. The van der Waals surface area contributed by atoms with Gasteiger partial charge in [-0.15, -0.1) is 0 Å². The fraction of sp³-hybridized carbons (Fsp3) is 0. The number of para-hydroxylation sites is 3. The highest BCUT2D eigenvalue weighted by atomic mass is 16.3. The lowest BCUT2D eigenvalue weighted by molar-refractivity contribution is 0.669. The van der Waals surface area contributed by atoms with Crippen LogP contribution in [0.15, 0.2) is 186 Å². The second-order valence-electron chi connectivity index (χ2n) is 15.0. The van der Waals surface area contributed by atoms with Crippen LogP contribution in [-0.2, 0) is 0 Å². The molecular formula is C52H30N4O. The molecule has 0 aliphatic rings. The Labute approximate surface area is 325 Å². The minimum atomic E-state index is 0.619. The molecular weight excluding hydrogens is 697 g/mol. The Hall–Kier alpha value is -7.76. The predicted molar refractivity (Wildman–Crippen MR) is 236 cm³/mol. The van der Waals surface area contributed by atoms with E-state index >= 15 is 0 Å². The third-order valence-corrected chi connectivity index (χ3v) is 11.9. The molecule has 4 heterocycles. The van der Waals surface area contributed by atoms with Crippen molar-refractivity contribution in [1.29, 1.82) is 0 Å². The topological polar surface area (TPSA) is 48.8 Å². The molecule has 13 aromatic rings. The lowest BCUT2D eigenvalue weighted by Gasteiger charge is -2.13. The van der Waals surface area contributed by atoms with Crippen molar-refractivity contribution < 1.29 is 4.42 Å². The quantitative estimate of drug-likeness (QED) is 0.182. The summed E-state index contributed by atoms with van der Waals surface area (Å²) in [6.45, 7) is 0. The zero-order valence-electron chi connectivity index (χ0n) is 30.5. The number of aromatic nitrogens is 4. The van der Waals surface area contributed by atoms with Gasteiger partial charge in [0.05, 0.1) is 33.3 Å². The summed E-state index contributed by atoms with van der Waals surface area (Å²) in [6, 6.07) is 64.9. The van der Waals surface area contributed by atoms with Crippen molar-refractivity contribution in [2.45, 2.75) is 0 Å². The summed E-state index contributed by atoms with van der Waals surface area (Å²) in [6.07, 6.45) is 0. The van der Waals surface area contributed by atoms with Crippen LogP contribution >= 0.6 is 0 Å². The molecule has 0 spiro atoms. The molecule has 0 atom stereocenters. The molecule has 0 saturated carbocycles. The second-order valence-corrected chi connectivity index (χ2v) is 15.0. The molecule has 0 radical (unpaired) electrons. The average molecular weight is 727 g/mol. The van der Waals surface area contributed by atoms with Gasteiger partial charge < -0.3 is 8.98 Å². The molecule has 9 aromatic carbocycles. The van der Waals surface area contributed by atoms with E-state index in [1.165, 1.54) is 48.7 Å². The molecule has 0 aliphatic carbocycles. The molecule has 0 N–H and O–H groups in total. The van der Waals surface area contributed by atoms with Crippen LogP contribution in [0.25, 0.3) is 121 Å². The van der Waals surface area contributed by atoms with Crippen LogP contribution in [0, 0.1) is 0 Å². The Morgan fingerprint density at radius 2 is 1.05 bits per heavy atom. The maximum Gasteiger partial charge on any atom is 0.235 e. The largest absolute Gasteiger partial charge is 0.456 e. The molecule has 264 valence electrons. The Kier molecular flexibility index (Phi) is 6.10. The molecule has 0 unspecified atom stereocenters. The highest BCUT2D eigenvalue weighted by molar-refractivity contribution is 6.22. The van der Waals surface area contributed by atoms with Gasteiger partial charge in [0.1, 0.15) is 11.2 Å². The van der Waals surface area contributed by atoms with Crippen LogP contribution in [0.3, 0.4) is 0 Å². The number of rotatable bonds is 3. The Morgan fingerprint density at radius 3 is 1.95 bits per heavy atom. The first-order valence-corrected chi connectivity index (χ1v) is 19.3. The summed E-state index contributed by atoms with van der Waals surface area (Å²) >= 11 is 0. The van der Waals surface area contributed by atoms with Gasteiger partial charge in [0.2, 0.25) is 5.95 Å². The van der Waals surface area contributed by atoms with E-state index in [9.17, 15) is 0 Å². The normalized spacial score (nSPS) is 12.2. The summed E-state index contributed by atoms with van der Waals surface area (Å²) in [7, 11) is 0. The minimum absolute atomic E-state index is 0.619. The fourth-order valence-electron chi connectivity index (χ4n) is 9.32. The molecule has 4 aromatic heterocycles. The minimum Gasteiger partial charge on any atom is -0.456 e. The molecule has 0 bridgehead atoms. The smallest absolute Gasteiger partial charge is 0.235 e. The summed E-state index contributed by atoms with van der Waals surface area (Å²) < 4.78 is 11.0. The van der Waals surface area contributed by atoms with Crippen LogP contribution in [0.4, 0.5) is 0 Å². The Bertz CT molecular complexity index is 3830. The summed E-state index contributed by atoms with van der Waals surface area (Å²) in [5.74, 6) is 0.619. The van der Waals surface area contributed by atoms with Gasteiger partial charge in [0, 0.05) is 49.0 Å². The van der Waals surface area contributed by atoms with Crippen molar-refractivity contribution in [3.05, 3.63) is 182 Å². The van der Waals surface area contributed by atoms with E-state index in [0.29, 0.717) is 5.95 Å². The maximum absolute atomic E-state index is 6.37. The molecule has 5 nitrogen and oxygen atoms in total. The van der Waals surface area contributed by atoms with Gasteiger partial charge in [-0.05, 0) is 82.2 Å². The number of hydrogen-bond donors (Lipinski definition) is 0. The van der Waals surface area contributed by atoms with E-state index < -0.39 is 0 Å². The zero-order chi connectivity index (χ0) is 37.2. The molecule has 5 heteroatoms. The van der Waals surface area contributed by atoms with Gasteiger partial charge in [0.25, 0.3) is 0 Å². The van der Waals surface area contributed by atoms with Crippen molar-refractivity contribution in [2.75, 3.05) is 0 Å². The predicted octanol–water partition coefficient (Wildman–Crippen LogP) is 13.7. The molecule has 0 fully saturated rings. The highest BCUT2D eigenvalue weighted by Gasteiger charge is 2.21. The van der Waals surface area contributed by atoms with Crippen LogP contribution in [-0.4, -0.2) is 19.1 Å². The van der Waals surface area contributed by atoms with Crippen LogP contribution < -0.4 is 0 Å². The van der Waals surface area contributed by atoms with Gasteiger partial charge in [-0.2, -0.15) is 0 Å². The monoisotopic (exact) mass is 726 g/mol. The van der Waals surface area contributed by atoms with Crippen LogP contribution in [0.5, 0.6) is 0 Å². The summed E-state index contributed by atoms with van der Waals surface area (Å²) in [4.78, 5) is 10.8. The van der Waals surface area contributed by atoms with Crippen molar-refractivity contribution in [3.63, 3.8) is 0 Å². The highest BCUT2D eigenvalue weighted by Crippen LogP contribution is 2.41. The van der Waals surface area contributed by atoms with Gasteiger partial charge in [-0.25, -0.2) is 9.97 Å². The molecule has 57 heavy (non-hydrogen) atoms. The SMILES string of the molecule is c1ccc2cc3c(cc2c1)c1ccccc1n3-c1ccc2c3c4ccccc4ccc3n(-c3nc(-c4ccc5c(c4)oc4ccccc45)c4ccccc4n3)c2c1. The number of nitrogens with zero attached hydrogens (tertiary/aromatic N) is 4. The van der Waals surface area contributed by atoms with Crippen molar-refractivity contribution in [1.82, 2.24) is 19.1 Å².